The zero-order valence-corrected chi connectivity index (χ0v) is 20.2. The van der Waals surface area contributed by atoms with Crippen LogP contribution in [-0.2, 0) is 9.47 Å². The third-order valence-electron chi connectivity index (χ3n) is 4.58. The third-order valence-corrected chi connectivity index (χ3v) is 4.58. The van der Waals surface area contributed by atoms with E-state index in [9.17, 15) is 0 Å². The van der Waals surface area contributed by atoms with Crippen molar-refractivity contribution in [2.75, 3.05) is 85.8 Å². The Morgan fingerprint density at radius 2 is 1.74 bits per heavy atom. The van der Waals surface area contributed by atoms with Gasteiger partial charge in [0.05, 0.1) is 13.2 Å². The van der Waals surface area contributed by atoms with Gasteiger partial charge in [0.25, 0.3) is 0 Å². The third kappa shape index (κ3) is 13.6. The summed E-state index contributed by atoms with van der Waals surface area (Å²) in [5.74, 6) is 1.48. The number of rotatable bonds is 13. The number of nitrogens with zero attached hydrogens (tertiary/aromatic N) is 3. The molecular formula is C19H42IN5O2. The lowest BCUT2D eigenvalue weighted by Gasteiger charge is -2.35. The number of halogens is 1. The minimum Gasteiger partial charge on any atom is -0.382 e. The Bertz CT molecular complexity index is 366. The Balaban J connectivity index is 0.00000676. The van der Waals surface area contributed by atoms with Crippen molar-refractivity contribution < 1.29 is 9.47 Å². The molecule has 1 rings (SSSR count). The highest BCUT2D eigenvalue weighted by atomic mass is 127. The van der Waals surface area contributed by atoms with Gasteiger partial charge in [0.15, 0.2) is 5.96 Å². The van der Waals surface area contributed by atoms with E-state index in [0.717, 1.165) is 45.2 Å². The maximum absolute atomic E-state index is 5.48. The molecule has 1 fully saturated rings. The molecule has 1 aliphatic heterocycles. The number of nitrogens with one attached hydrogen (secondary N) is 2. The Morgan fingerprint density at radius 3 is 2.37 bits per heavy atom. The van der Waals surface area contributed by atoms with Crippen LogP contribution in [0.4, 0.5) is 0 Å². The van der Waals surface area contributed by atoms with E-state index in [4.69, 9.17) is 14.5 Å². The van der Waals surface area contributed by atoms with Crippen molar-refractivity contribution in [2.24, 2.45) is 10.9 Å². The van der Waals surface area contributed by atoms with Gasteiger partial charge in [0.1, 0.15) is 0 Å². The van der Waals surface area contributed by atoms with Crippen LogP contribution in [0.3, 0.4) is 0 Å². The van der Waals surface area contributed by atoms with Crippen LogP contribution in [0.25, 0.3) is 0 Å². The number of hydrogen-bond donors (Lipinski definition) is 2. The first-order valence-electron chi connectivity index (χ1n) is 10.2. The standard InChI is InChI=1S/C19H41N5O2.HI/c1-5-20-19(21-8-7-13-26-15-14-25-4)22-16-18(3)17-24-11-9-23(6-2)10-12-24;/h18H,5-17H2,1-4H3,(H2,20,21,22);1H. The van der Waals surface area contributed by atoms with Gasteiger partial charge in [-0.3, -0.25) is 4.99 Å². The van der Waals surface area contributed by atoms with E-state index in [1.54, 1.807) is 7.11 Å². The lowest BCUT2D eigenvalue weighted by Crippen LogP contribution is -2.47. The van der Waals surface area contributed by atoms with Crippen LogP contribution in [-0.4, -0.2) is 102 Å². The normalized spacial score (nSPS) is 17.4. The van der Waals surface area contributed by atoms with Crippen molar-refractivity contribution in [3.05, 3.63) is 0 Å². The molecule has 8 heteroatoms. The largest absolute Gasteiger partial charge is 0.382 e. The second kappa shape index (κ2) is 17.9. The van der Waals surface area contributed by atoms with Crippen molar-refractivity contribution in [3.8, 4) is 0 Å². The van der Waals surface area contributed by atoms with Gasteiger partial charge in [-0.1, -0.05) is 13.8 Å². The Hall–Kier alpha value is -0.160. The lowest BCUT2D eigenvalue weighted by atomic mass is 10.1. The van der Waals surface area contributed by atoms with Crippen LogP contribution in [0, 0.1) is 5.92 Å². The topological polar surface area (TPSA) is 61.4 Å². The number of guanidine groups is 1. The molecule has 2 N–H and O–H groups in total. The maximum Gasteiger partial charge on any atom is 0.191 e. The second-order valence-corrected chi connectivity index (χ2v) is 6.95. The van der Waals surface area contributed by atoms with Crippen molar-refractivity contribution in [1.29, 1.82) is 0 Å². The molecule has 162 valence electrons. The van der Waals surface area contributed by atoms with Gasteiger partial charge in [-0.25, -0.2) is 0 Å². The minimum atomic E-state index is 0. The Kier molecular flexibility index (Phi) is 17.8. The number of likely N-dealkylation sites (N-methyl/N-ethyl adjacent to an activating group) is 1. The van der Waals surface area contributed by atoms with E-state index in [1.165, 1.54) is 32.7 Å². The fraction of sp³-hybridized carbons (Fsp3) is 0.947. The number of piperazine rings is 1. The predicted molar refractivity (Wildman–Crippen MR) is 124 cm³/mol. The first-order valence-corrected chi connectivity index (χ1v) is 10.2. The molecule has 0 radical (unpaired) electrons. The predicted octanol–water partition coefficient (Wildman–Crippen LogP) is 1.49. The number of hydrogen-bond acceptors (Lipinski definition) is 5. The van der Waals surface area contributed by atoms with Gasteiger partial charge in [-0.15, -0.1) is 24.0 Å². The molecule has 1 unspecified atom stereocenters. The molecule has 0 saturated carbocycles. The molecule has 27 heavy (non-hydrogen) atoms. The molecule has 0 bridgehead atoms. The summed E-state index contributed by atoms with van der Waals surface area (Å²) < 4.78 is 10.4. The van der Waals surface area contributed by atoms with Crippen molar-refractivity contribution >= 4 is 29.9 Å². The van der Waals surface area contributed by atoms with E-state index in [1.807, 2.05) is 0 Å². The van der Waals surface area contributed by atoms with Crippen LogP contribution in [0.5, 0.6) is 0 Å². The molecular weight excluding hydrogens is 457 g/mol. The number of aliphatic imine (C=N–C) groups is 1. The highest BCUT2D eigenvalue weighted by molar-refractivity contribution is 14.0. The first-order chi connectivity index (χ1) is 12.7. The van der Waals surface area contributed by atoms with Crippen molar-refractivity contribution in [1.82, 2.24) is 20.4 Å². The summed E-state index contributed by atoms with van der Waals surface area (Å²) in [5.41, 5.74) is 0. The van der Waals surface area contributed by atoms with Gasteiger partial charge < -0.3 is 29.9 Å². The molecule has 0 aromatic heterocycles. The fourth-order valence-corrected chi connectivity index (χ4v) is 3.00. The second-order valence-electron chi connectivity index (χ2n) is 6.95. The van der Waals surface area contributed by atoms with Gasteiger partial charge >= 0.3 is 0 Å². The number of methoxy groups -OCH3 is 1. The van der Waals surface area contributed by atoms with Crippen LogP contribution in [0.15, 0.2) is 4.99 Å². The van der Waals surface area contributed by atoms with E-state index < -0.39 is 0 Å². The summed E-state index contributed by atoms with van der Waals surface area (Å²) in [5, 5.41) is 6.72. The smallest absolute Gasteiger partial charge is 0.191 e. The molecule has 0 spiro atoms. The van der Waals surface area contributed by atoms with Crippen molar-refractivity contribution in [3.63, 3.8) is 0 Å². The summed E-state index contributed by atoms with van der Waals surface area (Å²) in [4.78, 5) is 9.85. The first kappa shape index (κ1) is 26.8. The quantitative estimate of drug-likeness (QED) is 0.173. The summed E-state index contributed by atoms with van der Waals surface area (Å²) in [6.45, 7) is 18.4. The molecule has 0 aliphatic carbocycles. The van der Waals surface area contributed by atoms with Crippen LogP contribution in [0.2, 0.25) is 0 Å². The van der Waals surface area contributed by atoms with Gasteiger partial charge in [0, 0.05) is 66.1 Å². The summed E-state index contributed by atoms with van der Waals surface area (Å²) in [7, 11) is 1.69. The lowest BCUT2D eigenvalue weighted by molar-refractivity contribution is 0.0698. The zero-order chi connectivity index (χ0) is 19.0. The van der Waals surface area contributed by atoms with Crippen LogP contribution < -0.4 is 10.6 Å². The molecule has 1 aliphatic rings. The fourth-order valence-electron chi connectivity index (χ4n) is 3.00. The van der Waals surface area contributed by atoms with Gasteiger partial charge in [0.2, 0.25) is 0 Å². The molecule has 1 atom stereocenters. The molecule has 0 amide bonds. The highest BCUT2D eigenvalue weighted by Gasteiger charge is 2.17. The molecule has 1 saturated heterocycles. The van der Waals surface area contributed by atoms with E-state index in [2.05, 4.69) is 41.2 Å². The van der Waals surface area contributed by atoms with Crippen molar-refractivity contribution in [2.45, 2.75) is 27.2 Å². The van der Waals surface area contributed by atoms with E-state index >= 15 is 0 Å². The molecule has 7 nitrogen and oxygen atoms in total. The monoisotopic (exact) mass is 499 g/mol. The van der Waals surface area contributed by atoms with Gasteiger partial charge in [-0.05, 0) is 25.8 Å². The Labute approximate surface area is 183 Å². The molecule has 0 aromatic rings. The van der Waals surface area contributed by atoms with Crippen LogP contribution in [0.1, 0.15) is 27.2 Å². The maximum atomic E-state index is 5.48. The molecule has 1 heterocycles. The van der Waals surface area contributed by atoms with E-state index in [0.29, 0.717) is 19.1 Å². The summed E-state index contributed by atoms with van der Waals surface area (Å²) in [6.07, 6.45) is 0.964. The molecule has 0 aromatic carbocycles. The Morgan fingerprint density at radius 1 is 1.04 bits per heavy atom. The highest BCUT2D eigenvalue weighted by Crippen LogP contribution is 2.06. The van der Waals surface area contributed by atoms with Crippen LogP contribution >= 0.6 is 24.0 Å². The summed E-state index contributed by atoms with van der Waals surface area (Å²) >= 11 is 0. The average molecular weight is 499 g/mol. The summed E-state index contributed by atoms with van der Waals surface area (Å²) in [6, 6.07) is 0. The average Bonchev–Trinajstić information content (AvgIpc) is 2.66. The minimum absolute atomic E-state index is 0. The SMILES string of the molecule is CCNC(=NCC(C)CN1CCN(CC)CC1)NCCCOCCOC.I. The zero-order valence-electron chi connectivity index (χ0n) is 17.8. The number of ether oxygens (including phenoxy) is 2. The van der Waals surface area contributed by atoms with Gasteiger partial charge in [-0.2, -0.15) is 0 Å². The van der Waals surface area contributed by atoms with E-state index in [-0.39, 0.29) is 24.0 Å².